The number of halogens is 2. The van der Waals surface area contributed by atoms with Crippen molar-refractivity contribution in [3.8, 4) is 11.5 Å². The summed E-state index contributed by atoms with van der Waals surface area (Å²) in [6.07, 6.45) is 0. The summed E-state index contributed by atoms with van der Waals surface area (Å²) in [6.45, 7) is 0.995. The van der Waals surface area contributed by atoms with Crippen molar-refractivity contribution in [1.82, 2.24) is 0 Å². The summed E-state index contributed by atoms with van der Waals surface area (Å²) in [7, 11) is 0. The fourth-order valence-corrected chi connectivity index (χ4v) is 3.09. The molecule has 2 aromatic rings. The molecule has 114 valence electrons. The third kappa shape index (κ3) is 3.36. The summed E-state index contributed by atoms with van der Waals surface area (Å²) in [6, 6.07) is 9.55. The highest BCUT2D eigenvalue weighted by molar-refractivity contribution is 8.00. The maximum absolute atomic E-state index is 13.1. The molecule has 0 unspecified atom stereocenters. The van der Waals surface area contributed by atoms with Gasteiger partial charge in [0.25, 0.3) is 0 Å². The SMILES string of the molecule is O=C(CSc1ccc(F)c(Cl)c1)c1ccc2c(c1)OCCO2. The van der Waals surface area contributed by atoms with Crippen LogP contribution < -0.4 is 9.47 Å². The van der Waals surface area contributed by atoms with Crippen LogP contribution >= 0.6 is 23.4 Å². The number of Topliss-reactive ketones (excluding diaryl/α,β-unsaturated/α-hetero) is 1. The molecule has 0 N–H and O–H groups in total. The van der Waals surface area contributed by atoms with Gasteiger partial charge < -0.3 is 9.47 Å². The Morgan fingerprint density at radius 3 is 2.68 bits per heavy atom. The first-order valence-electron chi connectivity index (χ1n) is 6.64. The maximum Gasteiger partial charge on any atom is 0.173 e. The van der Waals surface area contributed by atoms with Crippen LogP contribution in [-0.4, -0.2) is 24.7 Å². The van der Waals surface area contributed by atoms with E-state index in [-0.39, 0.29) is 16.6 Å². The Labute approximate surface area is 136 Å². The number of hydrogen-bond acceptors (Lipinski definition) is 4. The average Bonchev–Trinajstić information content (AvgIpc) is 2.55. The fourth-order valence-electron chi connectivity index (χ4n) is 2.02. The molecule has 0 bridgehead atoms. The van der Waals surface area contributed by atoms with E-state index >= 15 is 0 Å². The predicted octanol–water partition coefficient (Wildman–Crippen LogP) is 4.23. The quantitative estimate of drug-likeness (QED) is 0.617. The van der Waals surface area contributed by atoms with Crippen molar-refractivity contribution < 1.29 is 18.7 Å². The van der Waals surface area contributed by atoms with E-state index in [1.165, 1.54) is 23.9 Å². The lowest BCUT2D eigenvalue weighted by atomic mass is 10.1. The van der Waals surface area contributed by atoms with Crippen molar-refractivity contribution in [2.24, 2.45) is 0 Å². The normalized spacial score (nSPS) is 13.0. The van der Waals surface area contributed by atoms with Gasteiger partial charge in [-0.1, -0.05) is 11.6 Å². The molecule has 22 heavy (non-hydrogen) atoms. The summed E-state index contributed by atoms with van der Waals surface area (Å²) in [5.41, 5.74) is 0.560. The van der Waals surface area contributed by atoms with Crippen LogP contribution in [0.1, 0.15) is 10.4 Å². The molecule has 0 amide bonds. The van der Waals surface area contributed by atoms with Gasteiger partial charge in [0.1, 0.15) is 19.0 Å². The van der Waals surface area contributed by atoms with Gasteiger partial charge in [0.2, 0.25) is 0 Å². The smallest absolute Gasteiger partial charge is 0.173 e. The molecular weight excluding hydrogens is 327 g/mol. The van der Waals surface area contributed by atoms with Crippen molar-refractivity contribution in [2.75, 3.05) is 19.0 Å². The highest BCUT2D eigenvalue weighted by atomic mass is 35.5. The van der Waals surface area contributed by atoms with Gasteiger partial charge in [-0.25, -0.2) is 4.39 Å². The number of ether oxygens (including phenoxy) is 2. The van der Waals surface area contributed by atoms with Crippen molar-refractivity contribution in [2.45, 2.75) is 4.90 Å². The molecule has 2 aromatic carbocycles. The van der Waals surface area contributed by atoms with E-state index in [1.807, 2.05) is 0 Å². The minimum Gasteiger partial charge on any atom is -0.486 e. The second kappa shape index (κ2) is 6.58. The number of hydrogen-bond donors (Lipinski definition) is 0. The minimum atomic E-state index is -0.468. The lowest BCUT2D eigenvalue weighted by Crippen LogP contribution is -2.16. The summed E-state index contributed by atoms with van der Waals surface area (Å²) >= 11 is 7.03. The van der Waals surface area contributed by atoms with E-state index < -0.39 is 5.82 Å². The van der Waals surface area contributed by atoms with E-state index in [9.17, 15) is 9.18 Å². The van der Waals surface area contributed by atoms with Crippen LogP contribution in [0, 0.1) is 5.82 Å². The zero-order chi connectivity index (χ0) is 15.5. The number of rotatable bonds is 4. The van der Waals surface area contributed by atoms with Gasteiger partial charge in [0, 0.05) is 10.5 Å². The van der Waals surface area contributed by atoms with E-state index in [4.69, 9.17) is 21.1 Å². The van der Waals surface area contributed by atoms with E-state index in [0.717, 1.165) is 4.90 Å². The summed E-state index contributed by atoms with van der Waals surface area (Å²) in [5, 5.41) is 0.0526. The number of carbonyl (C=O) groups is 1. The lowest BCUT2D eigenvalue weighted by molar-refractivity contribution is 0.102. The molecule has 0 aromatic heterocycles. The summed E-state index contributed by atoms with van der Waals surface area (Å²) in [5.74, 6) is 0.973. The van der Waals surface area contributed by atoms with Crippen molar-refractivity contribution in [1.29, 1.82) is 0 Å². The maximum atomic E-state index is 13.1. The fraction of sp³-hybridized carbons (Fsp3) is 0.188. The largest absolute Gasteiger partial charge is 0.486 e. The molecule has 3 nitrogen and oxygen atoms in total. The standard InChI is InChI=1S/C16H12ClFO3S/c17-12-8-11(2-3-13(12)18)22-9-14(19)10-1-4-15-16(7-10)21-6-5-20-15/h1-4,7-8H,5-6,9H2. The molecule has 0 fully saturated rings. The number of fused-ring (bicyclic) bond motifs is 1. The molecule has 3 rings (SSSR count). The molecule has 0 radical (unpaired) electrons. The number of benzene rings is 2. The van der Waals surface area contributed by atoms with Crippen LogP contribution in [0.5, 0.6) is 11.5 Å². The highest BCUT2D eigenvalue weighted by Crippen LogP contribution is 2.31. The van der Waals surface area contributed by atoms with E-state index in [1.54, 1.807) is 24.3 Å². The molecule has 1 aliphatic heterocycles. The molecule has 0 spiro atoms. The third-order valence-corrected chi connectivity index (χ3v) is 4.41. The summed E-state index contributed by atoms with van der Waals surface area (Å²) < 4.78 is 24.0. The van der Waals surface area contributed by atoms with Gasteiger partial charge in [0.15, 0.2) is 17.3 Å². The number of thioether (sulfide) groups is 1. The molecule has 0 saturated carbocycles. The van der Waals surface area contributed by atoms with Crippen LogP contribution in [-0.2, 0) is 0 Å². The third-order valence-electron chi connectivity index (χ3n) is 3.13. The van der Waals surface area contributed by atoms with Crippen LogP contribution in [0.15, 0.2) is 41.3 Å². The van der Waals surface area contributed by atoms with Crippen LogP contribution in [0.4, 0.5) is 4.39 Å². The Hall–Kier alpha value is -1.72. The molecule has 1 aliphatic rings. The zero-order valence-corrected chi connectivity index (χ0v) is 13.0. The second-order valence-electron chi connectivity index (χ2n) is 4.65. The average molecular weight is 339 g/mol. The van der Waals surface area contributed by atoms with Gasteiger partial charge in [-0.05, 0) is 36.4 Å². The topological polar surface area (TPSA) is 35.5 Å². The van der Waals surface area contributed by atoms with Crippen LogP contribution in [0.2, 0.25) is 5.02 Å². The van der Waals surface area contributed by atoms with Crippen molar-refractivity contribution >= 4 is 29.1 Å². The Morgan fingerprint density at radius 2 is 1.91 bits per heavy atom. The molecule has 1 heterocycles. The molecule has 0 saturated heterocycles. The first kappa shape index (κ1) is 15.2. The van der Waals surface area contributed by atoms with Crippen molar-refractivity contribution in [3.05, 3.63) is 52.8 Å². The summed E-state index contributed by atoms with van der Waals surface area (Å²) in [4.78, 5) is 13.0. The van der Waals surface area contributed by atoms with E-state index in [0.29, 0.717) is 30.3 Å². The van der Waals surface area contributed by atoms with Gasteiger partial charge in [-0.2, -0.15) is 0 Å². The van der Waals surface area contributed by atoms with E-state index in [2.05, 4.69) is 0 Å². The van der Waals surface area contributed by atoms with Gasteiger partial charge in [-0.15, -0.1) is 11.8 Å². The Kier molecular flexibility index (Phi) is 4.55. The molecular formula is C16H12ClFO3S. The zero-order valence-electron chi connectivity index (χ0n) is 11.5. The Balaban J connectivity index is 1.68. The first-order valence-corrected chi connectivity index (χ1v) is 8.00. The predicted molar refractivity (Wildman–Crippen MR) is 83.9 cm³/mol. The van der Waals surface area contributed by atoms with Gasteiger partial charge in [0.05, 0.1) is 10.8 Å². The number of carbonyl (C=O) groups excluding carboxylic acids is 1. The Bertz CT molecular complexity index is 721. The van der Waals surface area contributed by atoms with Crippen LogP contribution in [0.3, 0.4) is 0 Å². The lowest BCUT2D eigenvalue weighted by Gasteiger charge is -2.18. The monoisotopic (exact) mass is 338 g/mol. The van der Waals surface area contributed by atoms with Crippen molar-refractivity contribution in [3.63, 3.8) is 0 Å². The molecule has 0 aliphatic carbocycles. The second-order valence-corrected chi connectivity index (χ2v) is 6.10. The van der Waals surface area contributed by atoms with Crippen LogP contribution in [0.25, 0.3) is 0 Å². The first-order chi connectivity index (χ1) is 10.6. The number of ketones is 1. The molecule has 6 heteroatoms. The highest BCUT2D eigenvalue weighted by Gasteiger charge is 2.15. The van der Waals surface area contributed by atoms with Gasteiger partial charge in [-0.3, -0.25) is 4.79 Å². The molecule has 0 atom stereocenters. The Morgan fingerprint density at radius 1 is 1.14 bits per heavy atom. The minimum absolute atomic E-state index is 0.0394. The van der Waals surface area contributed by atoms with Gasteiger partial charge >= 0.3 is 0 Å².